The van der Waals surface area contributed by atoms with Crippen LogP contribution in [0.2, 0.25) is 0 Å². The zero-order valence-electron chi connectivity index (χ0n) is 16.8. The molecule has 0 saturated carbocycles. The minimum Gasteiger partial charge on any atom is -0.493 e. The van der Waals surface area contributed by atoms with Crippen molar-refractivity contribution in [2.45, 2.75) is 26.7 Å². The van der Waals surface area contributed by atoms with Crippen molar-refractivity contribution in [2.24, 2.45) is 0 Å². The van der Waals surface area contributed by atoms with E-state index < -0.39 is 6.61 Å². The number of nitrogens with zero attached hydrogens (tertiary/aromatic N) is 3. The van der Waals surface area contributed by atoms with Crippen LogP contribution in [-0.4, -0.2) is 35.4 Å². The molecule has 1 aromatic heterocycles. The molecule has 1 N–H and O–H groups in total. The molecule has 0 unspecified atom stereocenters. The Balaban J connectivity index is 1.66. The molecule has 10 heteroatoms. The number of hydrogen-bond donors (Lipinski definition) is 1. The molecule has 0 fully saturated rings. The third kappa shape index (κ3) is 5.97. The standard InChI is InChI=1S/C20H22F2N4O2S2/c1-13-4-7-15(8-5-13)23-19-24-26(20(29)30-19)12-25(2)11-14-6-9-16(27-3)17(10-14)28-18(21)22/h4-10,18H,11-12H2,1-3H3,(H,23,24). The van der Waals surface area contributed by atoms with E-state index in [1.54, 1.807) is 22.9 Å². The van der Waals surface area contributed by atoms with Crippen molar-refractivity contribution in [3.8, 4) is 11.5 Å². The van der Waals surface area contributed by atoms with Gasteiger partial charge in [0.15, 0.2) is 15.5 Å². The molecule has 3 rings (SSSR count). The molecule has 0 atom stereocenters. The SMILES string of the molecule is COc1ccc(CN(C)Cn2nc(Nc3ccc(C)cc3)sc2=S)cc1OC(F)F. The van der Waals surface area contributed by atoms with Crippen molar-refractivity contribution in [1.29, 1.82) is 0 Å². The second-order valence-electron chi connectivity index (χ2n) is 6.68. The number of ether oxygens (including phenoxy) is 2. The fourth-order valence-corrected chi connectivity index (χ4v) is 3.82. The number of hydrogen-bond acceptors (Lipinski definition) is 7. The zero-order chi connectivity index (χ0) is 21.7. The number of alkyl halides is 2. The number of aryl methyl sites for hydroxylation is 1. The highest BCUT2D eigenvalue weighted by atomic mass is 32.1. The summed E-state index contributed by atoms with van der Waals surface area (Å²) in [5, 5.41) is 8.48. The highest BCUT2D eigenvalue weighted by Gasteiger charge is 2.13. The number of rotatable bonds is 9. The van der Waals surface area contributed by atoms with Crippen molar-refractivity contribution in [1.82, 2.24) is 14.7 Å². The molecule has 0 aliphatic heterocycles. The third-order valence-corrected chi connectivity index (χ3v) is 5.40. The van der Waals surface area contributed by atoms with Crippen LogP contribution in [-0.2, 0) is 13.2 Å². The minimum atomic E-state index is -2.92. The predicted molar refractivity (Wildman–Crippen MR) is 116 cm³/mol. The molecule has 0 amide bonds. The Hall–Kier alpha value is -2.56. The molecule has 0 radical (unpaired) electrons. The Morgan fingerprint density at radius 3 is 2.60 bits per heavy atom. The summed E-state index contributed by atoms with van der Waals surface area (Å²) in [6, 6.07) is 13.0. The van der Waals surface area contributed by atoms with E-state index in [2.05, 4.69) is 15.2 Å². The summed E-state index contributed by atoms with van der Waals surface area (Å²) >= 11 is 6.81. The lowest BCUT2D eigenvalue weighted by Crippen LogP contribution is -2.22. The van der Waals surface area contributed by atoms with Crippen LogP contribution in [0.15, 0.2) is 42.5 Å². The lowest BCUT2D eigenvalue weighted by molar-refractivity contribution is -0.0512. The zero-order valence-corrected chi connectivity index (χ0v) is 18.4. The van der Waals surface area contributed by atoms with Crippen LogP contribution in [0.4, 0.5) is 19.6 Å². The van der Waals surface area contributed by atoms with Gasteiger partial charge in [0.25, 0.3) is 0 Å². The van der Waals surface area contributed by atoms with E-state index in [-0.39, 0.29) is 11.5 Å². The Kier molecular flexibility index (Phi) is 7.35. The maximum Gasteiger partial charge on any atom is 0.387 e. The van der Waals surface area contributed by atoms with E-state index >= 15 is 0 Å². The number of halogens is 2. The second kappa shape index (κ2) is 9.96. The molecule has 6 nitrogen and oxygen atoms in total. The van der Waals surface area contributed by atoms with Gasteiger partial charge in [-0.25, -0.2) is 4.68 Å². The highest BCUT2D eigenvalue weighted by molar-refractivity contribution is 7.73. The van der Waals surface area contributed by atoms with Crippen molar-refractivity contribution in [3.63, 3.8) is 0 Å². The summed E-state index contributed by atoms with van der Waals surface area (Å²) in [6.07, 6.45) is 0. The quantitative estimate of drug-likeness (QED) is 0.437. The molecule has 0 aliphatic rings. The summed E-state index contributed by atoms with van der Waals surface area (Å²) in [5.74, 6) is 0.267. The first-order valence-corrected chi connectivity index (χ1v) is 10.3. The molecule has 160 valence electrons. The summed E-state index contributed by atoms with van der Waals surface area (Å²) in [7, 11) is 3.30. The highest BCUT2D eigenvalue weighted by Crippen LogP contribution is 2.30. The largest absolute Gasteiger partial charge is 0.493 e. The maximum absolute atomic E-state index is 12.6. The average Bonchev–Trinajstić information content (AvgIpc) is 3.02. The topological polar surface area (TPSA) is 51.5 Å². The van der Waals surface area contributed by atoms with Crippen molar-refractivity contribution >= 4 is 34.4 Å². The molecule has 0 spiro atoms. The molecule has 1 heterocycles. The Labute approximate surface area is 182 Å². The fourth-order valence-electron chi connectivity index (χ4n) is 2.80. The van der Waals surface area contributed by atoms with Gasteiger partial charge in [-0.1, -0.05) is 35.1 Å². The summed E-state index contributed by atoms with van der Waals surface area (Å²) in [4.78, 5) is 1.97. The number of methoxy groups -OCH3 is 1. The smallest absolute Gasteiger partial charge is 0.387 e. The van der Waals surface area contributed by atoms with E-state index in [4.69, 9.17) is 17.0 Å². The molecule has 3 aromatic rings. The average molecular weight is 453 g/mol. The van der Waals surface area contributed by atoms with Gasteiger partial charge < -0.3 is 14.8 Å². The Bertz CT molecular complexity index is 1040. The molecule has 0 aliphatic carbocycles. The molecule has 2 aromatic carbocycles. The first-order chi connectivity index (χ1) is 14.3. The van der Waals surface area contributed by atoms with E-state index in [1.165, 1.54) is 24.0 Å². The second-order valence-corrected chi connectivity index (χ2v) is 8.31. The van der Waals surface area contributed by atoms with Gasteiger partial charge in [0, 0.05) is 12.2 Å². The summed E-state index contributed by atoms with van der Waals surface area (Å²) in [6.45, 7) is 0.0506. The van der Waals surface area contributed by atoms with Crippen LogP contribution in [0.3, 0.4) is 0 Å². The van der Waals surface area contributed by atoms with Gasteiger partial charge in [-0.15, -0.1) is 5.10 Å². The lowest BCUT2D eigenvalue weighted by atomic mass is 10.2. The van der Waals surface area contributed by atoms with Crippen molar-refractivity contribution < 1.29 is 18.3 Å². The van der Waals surface area contributed by atoms with Gasteiger partial charge in [0.2, 0.25) is 5.13 Å². The number of benzene rings is 2. The molecule has 30 heavy (non-hydrogen) atoms. The van der Waals surface area contributed by atoms with Gasteiger partial charge >= 0.3 is 6.61 Å². The molecule has 0 saturated heterocycles. The van der Waals surface area contributed by atoms with Crippen LogP contribution in [0.1, 0.15) is 11.1 Å². The number of aromatic nitrogens is 2. The van der Waals surface area contributed by atoms with Crippen LogP contribution in [0.5, 0.6) is 11.5 Å². The van der Waals surface area contributed by atoms with E-state index in [9.17, 15) is 8.78 Å². The first kappa shape index (κ1) is 22.1. The van der Waals surface area contributed by atoms with Gasteiger partial charge in [0.05, 0.1) is 13.8 Å². The maximum atomic E-state index is 12.6. The number of nitrogens with one attached hydrogen (secondary N) is 1. The first-order valence-electron chi connectivity index (χ1n) is 9.06. The van der Waals surface area contributed by atoms with E-state index in [1.807, 2.05) is 43.1 Å². The molecular formula is C20H22F2N4O2S2. The van der Waals surface area contributed by atoms with Gasteiger partial charge in [-0.05, 0) is 56.0 Å². The number of anilines is 2. The Morgan fingerprint density at radius 1 is 1.20 bits per heavy atom. The molecular weight excluding hydrogens is 430 g/mol. The monoisotopic (exact) mass is 452 g/mol. The normalized spacial score (nSPS) is 11.2. The van der Waals surface area contributed by atoms with Crippen LogP contribution in [0.25, 0.3) is 0 Å². The lowest BCUT2D eigenvalue weighted by Gasteiger charge is -2.18. The van der Waals surface area contributed by atoms with Gasteiger partial charge in [0.1, 0.15) is 0 Å². The third-order valence-electron chi connectivity index (χ3n) is 4.18. The van der Waals surface area contributed by atoms with E-state index in [0.717, 1.165) is 11.3 Å². The summed E-state index contributed by atoms with van der Waals surface area (Å²) < 4.78 is 37.2. The van der Waals surface area contributed by atoms with Gasteiger partial charge in [-0.3, -0.25) is 4.90 Å². The van der Waals surface area contributed by atoms with Gasteiger partial charge in [-0.2, -0.15) is 8.78 Å². The van der Waals surface area contributed by atoms with Crippen LogP contribution < -0.4 is 14.8 Å². The fraction of sp³-hybridized carbons (Fsp3) is 0.300. The van der Waals surface area contributed by atoms with Crippen LogP contribution in [0, 0.1) is 10.9 Å². The Morgan fingerprint density at radius 2 is 1.93 bits per heavy atom. The van der Waals surface area contributed by atoms with Crippen LogP contribution >= 0.6 is 23.6 Å². The van der Waals surface area contributed by atoms with Crippen molar-refractivity contribution in [2.75, 3.05) is 19.5 Å². The van der Waals surface area contributed by atoms with Crippen molar-refractivity contribution in [3.05, 3.63) is 57.5 Å². The molecule has 0 bridgehead atoms. The van der Waals surface area contributed by atoms with E-state index in [0.29, 0.717) is 22.3 Å². The minimum absolute atomic E-state index is 0.00764. The summed E-state index contributed by atoms with van der Waals surface area (Å²) in [5.41, 5.74) is 2.92. The predicted octanol–water partition coefficient (Wildman–Crippen LogP) is 5.43.